The minimum Gasteiger partial charge on any atom is -0.462 e. The largest absolute Gasteiger partial charge is 0.462 e. The number of rotatable bonds is 7. The Morgan fingerprint density at radius 3 is 2.38 bits per heavy atom. The predicted octanol–water partition coefficient (Wildman–Crippen LogP) is 4.86. The van der Waals surface area contributed by atoms with Crippen molar-refractivity contribution < 1.29 is 23.7 Å². The van der Waals surface area contributed by atoms with Crippen molar-refractivity contribution in [2.45, 2.75) is 79.0 Å². The standard InChI is InChI=1S/C24H38O5/c1-13(2)9-8-10-14(3)20-19(28-16(5)25)11-15(4)17-12-18(17)21-22(20)24(27-7)29-23(21)26-6/h9,14-15,17-20,23-24H,8,10-12H2,1-7H3/t14?,15-,17+,18+,19-,20-,23-,24-/m1/s1. The lowest BCUT2D eigenvalue weighted by Gasteiger charge is -2.37. The third-order valence-corrected chi connectivity index (χ3v) is 6.96. The lowest BCUT2D eigenvalue weighted by Crippen LogP contribution is -2.38. The third kappa shape index (κ3) is 4.78. The zero-order valence-corrected chi connectivity index (χ0v) is 19.1. The number of fused-ring (bicyclic) bond motifs is 2. The fraction of sp³-hybridized carbons (Fsp3) is 0.792. The molecular weight excluding hydrogens is 368 g/mol. The highest BCUT2D eigenvalue weighted by atomic mass is 16.8. The first-order valence-corrected chi connectivity index (χ1v) is 11.0. The van der Waals surface area contributed by atoms with Gasteiger partial charge in [0.1, 0.15) is 6.10 Å². The number of carbonyl (C=O) groups is 1. The molecule has 0 spiro atoms. The summed E-state index contributed by atoms with van der Waals surface area (Å²) in [5.41, 5.74) is 3.76. The van der Waals surface area contributed by atoms with Crippen LogP contribution in [0.5, 0.6) is 0 Å². The molecule has 1 saturated carbocycles. The van der Waals surface area contributed by atoms with Gasteiger partial charge in [0.25, 0.3) is 0 Å². The molecule has 0 aromatic carbocycles. The van der Waals surface area contributed by atoms with Crippen LogP contribution in [0, 0.1) is 29.6 Å². The Balaban J connectivity index is 2.02. The number of ether oxygens (including phenoxy) is 4. The smallest absolute Gasteiger partial charge is 0.302 e. The maximum absolute atomic E-state index is 12.0. The van der Waals surface area contributed by atoms with Crippen molar-refractivity contribution in [3.63, 3.8) is 0 Å². The van der Waals surface area contributed by atoms with Crippen molar-refractivity contribution in [1.82, 2.24) is 0 Å². The van der Waals surface area contributed by atoms with E-state index in [1.54, 1.807) is 14.2 Å². The minimum absolute atomic E-state index is 0.0774. The second kappa shape index (κ2) is 9.32. The maximum Gasteiger partial charge on any atom is 0.302 e. The average Bonchev–Trinajstić information content (AvgIpc) is 3.34. The van der Waals surface area contributed by atoms with E-state index in [1.807, 2.05) is 0 Å². The molecule has 0 N–H and O–H groups in total. The van der Waals surface area contributed by atoms with Gasteiger partial charge in [0.2, 0.25) is 0 Å². The molecule has 1 unspecified atom stereocenters. The van der Waals surface area contributed by atoms with Crippen LogP contribution in [0.4, 0.5) is 0 Å². The van der Waals surface area contributed by atoms with Crippen molar-refractivity contribution in [3.8, 4) is 0 Å². The SMILES string of the molecule is CO[C@@H]1O[C@@H](OC)C2=C1[C@H]1C[C@H]1[C@H](C)C[C@@H](OC(C)=O)[C@H]2C(C)CCC=C(C)C. The molecule has 0 saturated heterocycles. The lowest BCUT2D eigenvalue weighted by molar-refractivity contribution is -0.184. The summed E-state index contributed by atoms with van der Waals surface area (Å²) in [6.07, 6.45) is 5.43. The zero-order chi connectivity index (χ0) is 21.3. The molecule has 2 aliphatic carbocycles. The van der Waals surface area contributed by atoms with Crippen molar-refractivity contribution in [3.05, 3.63) is 22.8 Å². The van der Waals surface area contributed by atoms with Gasteiger partial charge in [-0.05, 0) is 74.3 Å². The topological polar surface area (TPSA) is 54.0 Å². The summed E-state index contributed by atoms with van der Waals surface area (Å²) in [5.74, 6) is 1.81. The molecule has 0 aromatic rings. The summed E-state index contributed by atoms with van der Waals surface area (Å²) < 4.78 is 23.6. The summed E-state index contributed by atoms with van der Waals surface area (Å²) in [6, 6.07) is 0. The first kappa shape index (κ1) is 22.5. The number of hydrogen-bond donors (Lipinski definition) is 0. The quantitative estimate of drug-likeness (QED) is 0.446. The van der Waals surface area contributed by atoms with E-state index in [9.17, 15) is 4.79 Å². The molecule has 0 aromatic heterocycles. The van der Waals surface area contributed by atoms with Gasteiger partial charge in [-0.25, -0.2) is 0 Å². The zero-order valence-electron chi connectivity index (χ0n) is 19.1. The first-order chi connectivity index (χ1) is 13.8. The normalized spacial score (nSPS) is 37.1. The molecule has 0 bridgehead atoms. The molecule has 1 aliphatic heterocycles. The van der Waals surface area contributed by atoms with E-state index in [-0.39, 0.29) is 24.3 Å². The Hall–Kier alpha value is -1.17. The van der Waals surface area contributed by atoms with E-state index >= 15 is 0 Å². The van der Waals surface area contributed by atoms with Crippen LogP contribution < -0.4 is 0 Å². The monoisotopic (exact) mass is 406 g/mol. The van der Waals surface area contributed by atoms with Gasteiger partial charge in [0, 0.05) is 27.1 Å². The molecule has 0 radical (unpaired) electrons. The minimum atomic E-state index is -0.432. The van der Waals surface area contributed by atoms with E-state index in [4.69, 9.17) is 18.9 Å². The summed E-state index contributed by atoms with van der Waals surface area (Å²) >= 11 is 0. The van der Waals surface area contributed by atoms with Crippen LogP contribution in [-0.2, 0) is 23.7 Å². The van der Waals surface area contributed by atoms with Gasteiger partial charge in [-0.15, -0.1) is 0 Å². The fourth-order valence-electron chi connectivity index (χ4n) is 5.55. The molecule has 29 heavy (non-hydrogen) atoms. The second-order valence-corrected chi connectivity index (χ2v) is 9.41. The van der Waals surface area contributed by atoms with Gasteiger partial charge in [-0.1, -0.05) is 25.5 Å². The van der Waals surface area contributed by atoms with Crippen LogP contribution in [0.2, 0.25) is 0 Å². The van der Waals surface area contributed by atoms with Crippen molar-refractivity contribution in [2.24, 2.45) is 29.6 Å². The van der Waals surface area contributed by atoms with Gasteiger partial charge in [-0.3, -0.25) is 4.79 Å². The number of esters is 1. The Bertz CT molecular complexity index is 662. The van der Waals surface area contributed by atoms with E-state index in [1.165, 1.54) is 23.6 Å². The molecule has 5 nitrogen and oxygen atoms in total. The van der Waals surface area contributed by atoms with Crippen LogP contribution in [-0.4, -0.2) is 38.9 Å². The molecule has 0 amide bonds. The van der Waals surface area contributed by atoms with Crippen LogP contribution in [0.1, 0.15) is 60.3 Å². The molecular formula is C24H38O5. The Kier molecular flexibility index (Phi) is 7.23. The van der Waals surface area contributed by atoms with Crippen LogP contribution >= 0.6 is 0 Å². The van der Waals surface area contributed by atoms with E-state index in [0.29, 0.717) is 23.7 Å². The van der Waals surface area contributed by atoms with Crippen LogP contribution in [0.3, 0.4) is 0 Å². The highest BCUT2D eigenvalue weighted by Gasteiger charge is 2.55. The summed E-state index contributed by atoms with van der Waals surface area (Å²) in [4.78, 5) is 12.0. The second-order valence-electron chi connectivity index (χ2n) is 9.41. The van der Waals surface area contributed by atoms with Gasteiger partial charge in [0.15, 0.2) is 12.6 Å². The summed E-state index contributed by atoms with van der Waals surface area (Å²) in [7, 11) is 3.38. The van der Waals surface area contributed by atoms with E-state index in [0.717, 1.165) is 25.7 Å². The number of carbonyl (C=O) groups excluding carboxylic acids is 1. The molecule has 5 heteroatoms. The van der Waals surface area contributed by atoms with Crippen LogP contribution in [0.15, 0.2) is 22.8 Å². The fourth-order valence-corrected chi connectivity index (χ4v) is 5.55. The van der Waals surface area contributed by atoms with Gasteiger partial charge in [-0.2, -0.15) is 0 Å². The van der Waals surface area contributed by atoms with Crippen LogP contribution in [0.25, 0.3) is 0 Å². The first-order valence-electron chi connectivity index (χ1n) is 11.0. The predicted molar refractivity (Wildman–Crippen MR) is 112 cm³/mol. The Labute approximate surface area is 175 Å². The van der Waals surface area contributed by atoms with E-state index < -0.39 is 6.29 Å². The number of allylic oxidation sites excluding steroid dienone is 2. The highest BCUT2D eigenvalue weighted by molar-refractivity contribution is 5.66. The molecule has 8 atom stereocenters. The third-order valence-electron chi connectivity index (χ3n) is 6.96. The van der Waals surface area contributed by atoms with Crippen molar-refractivity contribution >= 4 is 5.97 Å². The average molecular weight is 407 g/mol. The maximum atomic E-state index is 12.0. The van der Waals surface area contributed by atoms with Crippen molar-refractivity contribution in [1.29, 1.82) is 0 Å². The van der Waals surface area contributed by atoms with Gasteiger partial charge < -0.3 is 18.9 Å². The number of hydrogen-bond acceptors (Lipinski definition) is 5. The molecule has 1 heterocycles. The van der Waals surface area contributed by atoms with Gasteiger partial charge >= 0.3 is 5.97 Å². The highest BCUT2D eigenvalue weighted by Crippen LogP contribution is 2.58. The molecule has 3 aliphatic rings. The number of methoxy groups -OCH3 is 2. The molecule has 164 valence electrons. The summed E-state index contributed by atoms with van der Waals surface area (Å²) in [5, 5.41) is 0. The van der Waals surface area contributed by atoms with E-state index in [2.05, 4.69) is 33.8 Å². The molecule has 1 fully saturated rings. The molecule has 3 rings (SSSR count). The van der Waals surface area contributed by atoms with Crippen molar-refractivity contribution in [2.75, 3.05) is 14.2 Å². The van der Waals surface area contributed by atoms with Gasteiger partial charge in [0.05, 0.1) is 0 Å². The Morgan fingerprint density at radius 2 is 1.79 bits per heavy atom. The Morgan fingerprint density at radius 1 is 1.14 bits per heavy atom. The summed E-state index contributed by atoms with van der Waals surface area (Å²) in [6.45, 7) is 10.3. The lowest BCUT2D eigenvalue weighted by atomic mass is 9.73.